The standard InChI is InChI=1S/C17H22N4O/c1-10(2)11(3)21-14(8-9-22)20-15-16(21)12-6-4-5-7-13(12)19-17(15)18/h4-7,10-11,22H,8-9H2,1-3H3,(H2,18,19). The molecule has 3 aromatic rings. The van der Waals surface area contributed by atoms with Crippen LogP contribution in [0.2, 0.25) is 0 Å². The van der Waals surface area contributed by atoms with Gasteiger partial charge >= 0.3 is 0 Å². The fraction of sp³-hybridized carbons (Fsp3) is 0.412. The summed E-state index contributed by atoms with van der Waals surface area (Å²) in [6.07, 6.45) is 0.513. The number of aromatic nitrogens is 3. The van der Waals surface area contributed by atoms with Crippen LogP contribution in [0.5, 0.6) is 0 Å². The number of imidazole rings is 1. The van der Waals surface area contributed by atoms with Gasteiger partial charge in [-0.25, -0.2) is 9.97 Å². The van der Waals surface area contributed by atoms with E-state index in [1.54, 1.807) is 0 Å². The largest absolute Gasteiger partial charge is 0.396 e. The predicted molar refractivity (Wildman–Crippen MR) is 89.8 cm³/mol. The Bertz CT molecular complexity index is 822. The van der Waals surface area contributed by atoms with Crippen molar-refractivity contribution >= 4 is 27.8 Å². The van der Waals surface area contributed by atoms with E-state index in [-0.39, 0.29) is 12.6 Å². The topological polar surface area (TPSA) is 77.0 Å². The van der Waals surface area contributed by atoms with Crippen LogP contribution >= 0.6 is 0 Å². The normalized spacial score (nSPS) is 13.3. The number of para-hydroxylation sites is 1. The van der Waals surface area contributed by atoms with Crippen LogP contribution in [0.25, 0.3) is 21.9 Å². The summed E-state index contributed by atoms with van der Waals surface area (Å²) in [7, 11) is 0. The van der Waals surface area contributed by atoms with E-state index in [1.165, 1.54) is 0 Å². The summed E-state index contributed by atoms with van der Waals surface area (Å²) in [6, 6.07) is 8.24. The molecule has 1 unspecified atom stereocenters. The molecule has 3 rings (SSSR count). The second kappa shape index (κ2) is 5.57. The molecule has 0 aliphatic rings. The molecule has 0 radical (unpaired) electrons. The van der Waals surface area contributed by atoms with Gasteiger partial charge in [0.25, 0.3) is 0 Å². The molecule has 3 N–H and O–H groups in total. The van der Waals surface area contributed by atoms with Crippen molar-refractivity contribution in [3.8, 4) is 0 Å². The minimum Gasteiger partial charge on any atom is -0.396 e. The highest BCUT2D eigenvalue weighted by Gasteiger charge is 2.21. The van der Waals surface area contributed by atoms with Crippen molar-refractivity contribution in [3.63, 3.8) is 0 Å². The molecule has 0 saturated carbocycles. The second-order valence-electron chi connectivity index (χ2n) is 6.07. The van der Waals surface area contributed by atoms with Crippen LogP contribution in [0, 0.1) is 5.92 Å². The minimum absolute atomic E-state index is 0.0689. The molecule has 0 amide bonds. The average molecular weight is 298 g/mol. The van der Waals surface area contributed by atoms with Gasteiger partial charge in [-0.2, -0.15) is 0 Å². The number of anilines is 1. The SMILES string of the molecule is CC(C)C(C)n1c(CCO)nc2c(N)nc3ccccc3c21. The lowest BCUT2D eigenvalue weighted by atomic mass is 10.1. The number of benzene rings is 1. The van der Waals surface area contributed by atoms with Crippen LogP contribution in [0.15, 0.2) is 24.3 Å². The summed E-state index contributed by atoms with van der Waals surface area (Å²) >= 11 is 0. The van der Waals surface area contributed by atoms with Gasteiger partial charge < -0.3 is 15.4 Å². The summed E-state index contributed by atoms with van der Waals surface area (Å²) in [6.45, 7) is 6.62. The van der Waals surface area contributed by atoms with Crippen LogP contribution < -0.4 is 5.73 Å². The van der Waals surface area contributed by atoms with Gasteiger partial charge in [0.1, 0.15) is 11.3 Å². The second-order valence-corrected chi connectivity index (χ2v) is 6.07. The first-order valence-corrected chi connectivity index (χ1v) is 7.70. The van der Waals surface area contributed by atoms with Crippen molar-refractivity contribution in [2.75, 3.05) is 12.3 Å². The van der Waals surface area contributed by atoms with Gasteiger partial charge in [-0.3, -0.25) is 0 Å². The number of hydrogen-bond acceptors (Lipinski definition) is 4. The molecule has 0 aliphatic heterocycles. The zero-order valence-corrected chi connectivity index (χ0v) is 13.2. The lowest BCUT2D eigenvalue weighted by molar-refractivity contribution is 0.291. The van der Waals surface area contributed by atoms with Gasteiger partial charge in [-0.1, -0.05) is 32.0 Å². The van der Waals surface area contributed by atoms with E-state index in [0.29, 0.717) is 18.2 Å². The lowest BCUT2D eigenvalue weighted by Crippen LogP contribution is -2.15. The highest BCUT2D eigenvalue weighted by molar-refractivity contribution is 6.06. The fourth-order valence-electron chi connectivity index (χ4n) is 2.88. The number of hydrogen-bond donors (Lipinski definition) is 2. The molecule has 1 aromatic carbocycles. The monoisotopic (exact) mass is 298 g/mol. The Hall–Kier alpha value is -2.14. The predicted octanol–water partition coefficient (Wildman–Crippen LogP) is 2.92. The molecule has 0 spiro atoms. The van der Waals surface area contributed by atoms with Crippen LogP contribution in [0.1, 0.15) is 32.6 Å². The van der Waals surface area contributed by atoms with E-state index < -0.39 is 0 Å². The number of nitrogen functional groups attached to an aromatic ring is 1. The Labute approximate surface area is 129 Å². The molecule has 0 saturated heterocycles. The Kier molecular flexibility index (Phi) is 3.74. The maximum absolute atomic E-state index is 9.37. The third-order valence-corrected chi connectivity index (χ3v) is 4.33. The first-order chi connectivity index (χ1) is 10.5. The van der Waals surface area contributed by atoms with Gasteiger partial charge in [0.2, 0.25) is 0 Å². The molecule has 2 heterocycles. The zero-order valence-electron chi connectivity index (χ0n) is 13.2. The maximum atomic E-state index is 9.37. The van der Waals surface area contributed by atoms with Crippen molar-refractivity contribution in [2.45, 2.75) is 33.2 Å². The van der Waals surface area contributed by atoms with E-state index in [4.69, 9.17) is 5.73 Å². The van der Waals surface area contributed by atoms with Gasteiger partial charge in [0.15, 0.2) is 5.82 Å². The van der Waals surface area contributed by atoms with Crippen molar-refractivity contribution in [1.82, 2.24) is 14.5 Å². The van der Waals surface area contributed by atoms with Gasteiger partial charge in [-0.15, -0.1) is 0 Å². The van der Waals surface area contributed by atoms with Gasteiger partial charge in [0.05, 0.1) is 17.6 Å². The molecule has 0 bridgehead atoms. The molecule has 5 heteroatoms. The Morgan fingerprint density at radius 1 is 1.18 bits per heavy atom. The first-order valence-electron chi connectivity index (χ1n) is 7.70. The Balaban J connectivity index is 2.44. The van der Waals surface area contributed by atoms with Crippen LogP contribution in [0.3, 0.4) is 0 Å². The number of aliphatic hydroxyl groups excluding tert-OH is 1. The zero-order chi connectivity index (χ0) is 15.9. The Morgan fingerprint density at radius 3 is 2.59 bits per heavy atom. The van der Waals surface area contributed by atoms with Crippen LogP contribution in [0.4, 0.5) is 5.82 Å². The van der Waals surface area contributed by atoms with Gasteiger partial charge in [-0.05, 0) is 18.9 Å². The summed E-state index contributed by atoms with van der Waals surface area (Å²) in [5.74, 6) is 1.76. The Morgan fingerprint density at radius 2 is 1.91 bits per heavy atom. The molecular formula is C17H22N4O. The lowest BCUT2D eigenvalue weighted by Gasteiger charge is -2.21. The third-order valence-electron chi connectivity index (χ3n) is 4.33. The van der Waals surface area contributed by atoms with E-state index in [2.05, 4.69) is 41.4 Å². The summed E-state index contributed by atoms with van der Waals surface area (Å²) < 4.78 is 2.22. The smallest absolute Gasteiger partial charge is 0.152 e. The molecule has 5 nitrogen and oxygen atoms in total. The van der Waals surface area contributed by atoms with E-state index in [9.17, 15) is 5.11 Å². The summed E-state index contributed by atoms with van der Waals surface area (Å²) in [5, 5.41) is 10.4. The third kappa shape index (κ3) is 2.22. The van der Waals surface area contributed by atoms with Gasteiger partial charge in [0, 0.05) is 17.8 Å². The van der Waals surface area contributed by atoms with Crippen molar-refractivity contribution in [2.24, 2.45) is 5.92 Å². The number of aliphatic hydroxyl groups is 1. The molecule has 116 valence electrons. The molecule has 22 heavy (non-hydrogen) atoms. The molecule has 2 aromatic heterocycles. The number of nitrogens with zero attached hydrogens (tertiary/aromatic N) is 3. The number of nitrogens with two attached hydrogens (primary N) is 1. The number of fused-ring (bicyclic) bond motifs is 3. The quantitative estimate of drug-likeness (QED) is 0.776. The van der Waals surface area contributed by atoms with Crippen LogP contribution in [-0.2, 0) is 6.42 Å². The van der Waals surface area contributed by atoms with Crippen molar-refractivity contribution in [1.29, 1.82) is 0 Å². The summed E-state index contributed by atoms with van der Waals surface area (Å²) in [4.78, 5) is 9.13. The van der Waals surface area contributed by atoms with Crippen LogP contribution in [-0.4, -0.2) is 26.2 Å². The van der Waals surface area contributed by atoms with E-state index in [0.717, 1.165) is 27.8 Å². The molecule has 1 atom stereocenters. The highest BCUT2D eigenvalue weighted by Crippen LogP contribution is 2.33. The average Bonchev–Trinajstić information content (AvgIpc) is 2.87. The van der Waals surface area contributed by atoms with Crippen molar-refractivity contribution in [3.05, 3.63) is 30.1 Å². The summed E-state index contributed by atoms with van der Waals surface area (Å²) in [5.41, 5.74) is 8.75. The van der Waals surface area contributed by atoms with Crippen molar-refractivity contribution < 1.29 is 5.11 Å². The molecule has 0 aliphatic carbocycles. The fourth-order valence-corrected chi connectivity index (χ4v) is 2.88. The maximum Gasteiger partial charge on any atom is 0.152 e. The first kappa shape index (κ1) is 14.8. The highest BCUT2D eigenvalue weighted by atomic mass is 16.3. The number of rotatable bonds is 4. The minimum atomic E-state index is 0.0689. The molecular weight excluding hydrogens is 276 g/mol. The van der Waals surface area contributed by atoms with E-state index >= 15 is 0 Å². The number of pyridine rings is 1. The molecule has 0 fully saturated rings. The van der Waals surface area contributed by atoms with E-state index in [1.807, 2.05) is 18.2 Å².